The number of anilines is 1. The van der Waals surface area contributed by atoms with Gasteiger partial charge in [-0.25, -0.2) is 0 Å². The summed E-state index contributed by atoms with van der Waals surface area (Å²) in [5.41, 5.74) is 0.132. The Labute approximate surface area is 172 Å². The van der Waals surface area contributed by atoms with Crippen LogP contribution < -0.4 is 10.9 Å². The number of hydrogen-bond donors (Lipinski definition) is 4. The zero-order valence-electron chi connectivity index (χ0n) is 15.7. The van der Waals surface area contributed by atoms with Gasteiger partial charge in [0.05, 0.1) is 15.9 Å². The first-order valence-corrected chi connectivity index (χ1v) is 11.3. The number of nitrogens with zero attached hydrogens (tertiary/aromatic N) is 3. The molecular formula is C19H20N4O4S2. The topological polar surface area (TPSA) is 119 Å². The van der Waals surface area contributed by atoms with E-state index in [0.717, 1.165) is 0 Å². The van der Waals surface area contributed by atoms with Crippen LogP contribution >= 0.6 is 22.1 Å². The highest BCUT2D eigenvalue weighted by Crippen LogP contribution is 2.55. The standard InChI is InChI=1S/C19H20N4O4S2/c1-11(2)7-9-20-23-13-8-10-28-17(13)16(24)15(19(23)25)18-21-12-5-3-4-6-14(12)29(26,27)22-18/h3-6,8-11,24,26-27H,7H2,1-2H3,(H,21,22)/b20-9+. The summed E-state index contributed by atoms with van der Waals surface area (Å²) in [4.78, 5) is 13.5. The van der Waals surface area contributed by atoms with Gasteiger partial charge in [-0.3, -0.25) is 13.9 Å². The smallest absolute Gasteiger partial charge is 0.286 e. The van der Waals surface area contributed by atoms with E-state index in [4.69, 9.17) is 0 Å². The van der Waals surface area contributed by atoms with Gasteiger partial charge < -0.3 is 10.4 Å². The summed E-state index contributed by atoms with van der Waals surface area (Å²) >= 11 is 1.26. The molecular weight excluding hydrogens is 412 g/mol. The summed E-state index contributed by atoms with van der Waals surface area (Å²) in [5.74, 6) is 0.00309. The number of pyridine rings is 1. The van der Waals surface area contributed by atoms with Gasteiger partial charge in [0.15, 0.2) is 11.6 Å². The molecule has 1 aliphatic heterocycles. The molecule has 1 aromatic carbocycles. The molecule has 0 bridgehead atoms. The Balaban J connectivity index is 1.92. The monoisotopic (exact) mass is 432 g/mol. The molecule has 3 aromatic rings. The number of fused-ring (bicyclic) bond motifs is 2. The fourth-order valence-electron chi connectivity index (χ4n) is 2.99. The van der Waals surface area contributed by atoms with Crippen LogP contribution in [0.1, 0.15) is 25.8 Å². The number of aromatic nitrogens is 1. The number of nitrogens with one attached hydrogen (secondary N) is 1. The zero-order valence-corrected chi connectivity index (χ0v) is 17.4. The molecule has 0 radical (unpaired) electrons. The second-order valence-electron chi connectivity index (χ2n) is 6.98. The second kappa shape index (κ2) is 7.30. The lowest BCUT2D eigenvalue weighted by Crippen LogP contribution is -2.30. The van der Waals surface area contributed by atoms with Crippen LogP contribution in [0.4, 0.5) is 5.69 Å². The predicted molar refractivity (Wildman–Crippen MR) is 119 cm³/mol. The SMILES string of the molecule is CC(C)C/C=N/n1c(=O)c(C2=NS(O)(O)c3ccccc3N2)c(O)c2sccc21. The Morgan fingerprint density at radius 1 is 1.31 bits per heavy atom. The van der Waals surface area contributed by atoms with Crippen LogP contribution in [0.25, 0.3) is 10.2 Å². The molecule has 0 saturated heterocycles. The van der Waals surface area contributed by atoms with E-state index in [1.807, 2.05) is 13.8 Å². The van der Waals surface area contributed by atoms with Crippen molar-refractivity contribution in [2.75, 3.05) is 5.32 Å². The van der Waals surface area contributed by atoms with Crippen LogP contribution in [0, 0.1) is 5.92 Å². The molecule has 0 atom stereocenters. The van der Waals surface area contributed by atoms with Gasteiger partial charge in [0.1, 0.15) is 10.5 Å². The molecule has 1 aliphatic rings. The van der Waals surface area contributed by atoms with E-state index >= 15 is 0 Å². The number of rotatable bonds is 4. The number of amidine groups is 1. The van der Waals surface area contributed by atoms with Gasteiger partial charge in [0, 0.05) is 6.21 Å². The lowest BCUT2D eigenvalue weighted by molar-refractivity contribution is 0.478. The molecule has 0 unspecified atom stereocenters. The van der Waals surface area contributed by atoms with E-state index in [9.17, 15) is 19.0 Å². The number of benzene rings is 1. The van der Waals surface area contributed by atoms with Gasteiger partial charge in [-0.15, -0.1) is 15.7 Å². The molecule has 29 heavy (non-hydrogen) atoms. The van der Waals surface area contributed by atoms with Crippen LogP contribution in [0.3, 0.4) is 0 Å². The van der Waals surface area contributed by atoms with E-state index in [-0.39, 0.29) is 22.0 Å². The summed E-state index contributed by atoms with van der Waals surface area (Å²) < 4.78 is 26.6. The van der Waals surface area contributed by atoms with Gasteiger partial charge in [-0.2, -0.15) is 9.78 Å². The summed E-state index contributed by atoms with van der Waals surface area (Å²) in [6, 6.07) is 8.30. The van der Waals surface area contributed by atoms with Gasteiger partial charge in [0.2, 0.25) is 0 Å². The van der Waals surface area contributed by atoms with Gasteiger partial charge in [0.25, 0.3) is 5.56 Å². The van der Waals surface area contributed by atoms with Crippen molar-refractivity contribution < 1.29 is 14.2 Å². The van der Waals surface area contributed by atoms with E-state index in [1.54, 1.807) is 41.9 Å². The third-order valence-corrected chi connectivity index (χ3v) is 6.69. The van der Waals surface area contributed by atoms with E-state index in [2.05, 4.69) is 14.8 Å². The lowest BCUT2D eigenvalue weighted by Gasteiger charge is -2.34. The molecule has 0 amide bonds. The van der Waals surface area contributed by atoms with Crippen molar-refractivity contribution >= 4 is 50.1 Å². The third-order valence-electron chi connectivity index (χ3n) is 4.40. The van der Waals surface area contributed by atoms with Crippen molar-refractivity contribution in [2.45, 2.75) is 25.2 Å². The number of para-hydroxylation sites is 1. The van der Waals surface area contributed by atoms with Crippen LogP contribution in [0.5, 0.6) is 5.75 Å². The molecule has 0 spiro atoms. The van der Waals surface area contributed by atoms with Crippen molar-refractivity contribution in [3.8, 4) is 5.75 Å². The third kappa shape index (κ3) is 3.44. The Hall–Kier alpha value is -2.66. The summed E-state index contributed by atoms with van der Waals surface area (Å²) in [7, 11) is -3.52. The second-order valence-corrected chi connectivity index (χ2v) is 9.56. The number of thiophene rings is 1. The van der Waals surface area contributed by atoms with Gasteiger partial charge in [-0.05, 0) is 35.9 Å². The Morgan fingerprint density at radius 2 is 2.07 bits per heavy atom. The average molecular weight is 433 g/mol. The molecule has 3 heterocycles. The van der Waals surface area contributed by atoms with Crippen molar-refractivity contribution in [3.63, 3.8) is 0 Å². The molecule has 8 nitrogen and oxygen atoms in total. The van der Waals surface area contributed by atoms with Crippen LogP contribution in [-0.2, 0) is 0 Å². The fourth-order valence-corrected chi connectivity index (χ4v) is 4.98. The highest BCUT2D eigenvalue weighted by atomic mass is 32.3. The molecule has 10 heteroatoms. The van der Waals surface area contributed by atoms with Gasteiger partial charge >= 0.3 is 0 Å². The molecule has 4 rings (SSSR count). The molecule has 0 saturated carbocycles. The maximum Gasteiger partial charge on any atom is 0.286 e. The minimum absolute atomic E-state index is 0.102. The largest absolute Gasteiger partial charge is 0.505 e. The molecule has 0 aliphatic carbocycles. The van der Waals surface area contributed by atoms with Gasteiger partial charge in [-0.1, -0.05) is 36.8 Å². The minimum Gasteiger partial charge on any atom is -0.505 e. The average Bonchev–Trinajstić information content (AvgIpc) is 3.14. The highest BCUT2D eigenvalue weighted by molar-refractivity contribution is 8.23. The zero-order chi connectivity index (χ0) is 20.8. The van der Waals surface area contributed by atoms with Crippen LogP contribution in [-0.4, -0.2) is 30.9 Å². The van der Waals surface area contributed by atoms with Crippen LogP contribution in [0.15, 0.2) is 54.9 Å². The van der Waals surface area contributed by atoms with E-state index in [1.165, 1.54) is 16.0 Å². The maximum atomic E-state index is 13.2. The van der Waals surface area contributed by atoms with Crippen LogP contribution in [0.2, 0.25) is 0 Å². The summed E-state index contributed by atoms with van der Waals surface area (Å²) in [5, 5.41) is 19.8. The first-order valence-electron chi connectivity index (χ1n) is 8.92. The maximum absolute atomic E-state index is 13.2. The fraction of sp³-hybridized carbons (Fsp3) is 0.211. The first kappa shape index (κ1) is 19.6. The molecule has 152 valence electrons. The van der Waals surface area contributed by atoms with Crippen molar-refractivity contribution in [2.24, 2.45) is 15.4 Å². The van der Waals surface area contributed by atoms with Crippen molar-refractivity contribution in [1.82, 2.24) is 4.68 Å². The number of hydrogen-bond acceptors (Lipinski definition) is 8. The quantitative estimate of drug-likeness (QED) is 0.451. The Kier molecular flexibility index (Phi) is 4.95. The lowest BCUT2D eigenvalue weighted by atomic mass is 10.2. The first-order chi connectivity index (χ1) is 13.8. The molecule has 0 fully saturated rings. The normalized spacial score (nSPS) is 16.7. The van der Waals surface area contributed by atoms with E-state index in [0.29, 0.717) is 28.2 Å². The highest BCUT2D eigenvalue weighted by Gasteiger charge is 2.30. The molecule has 2 aromatic heterocycles. The number of aromatic hydroxyl groups is 1. The molecule has 4 N–H and O–H groups in total. The summed E-state index contributed by atoms with van der Waals surface area (Å²) in [6.45, 7) is 4.08. The van der Waals surface area contributed by atoms with Crippen molar-refractivity contribution in [3.05, 3.63) is 51.6 Å². The Morgan fingerprint density at radius 3 is 2.83 bits per heavy atom. The van der Waals surface area contributed by atoms with Crippen molar-refractivity contribution in [1.29, 1.82) is 0 Å². The Bertz CT molecular complexity index is 1210. The van der Waals surface area contributed by atoms with E-state index < -0.39 is 16.3 Å². The predicted octanol–water partition coefficient (Wildman–Crippen LogP) is 4.55. The summed E-state index contributed by atoms with van der Waals surface area (Å²) in [6.07, 6.45) is 2.34. The minimum atomic E-state index is -3.52.